The SMILES string of the molecule is Cn1cccc1-c1oc(-c2ccccc2)nc1C(=O)c1ccc2c(c1)OCO2. The summed E-state index contributed by atoms with van der Waals surface area (Å²) in [5, 5.41) is 0. The van der Waals surface area contributed by atoms with Gasteiger partial charge < -0.3 is 18.5 Å². The summed E-state index contributed by atoms with van der Waals surface area (Å²) in [6.07, 6.45) is 1.90. The quantitative estimate of drug-likeness (QED) is 0.500. The number of nitrogens with zero attached hydrogens (tertiary/aromatic N) is 2. The molecule has 0 bridgehead atoms. The van der Waals surface area contributed by atoms with Gasteiger partial charge in [0.2, 0.25) is 18.5 Å². The lowest BCUT2D eigenvalue weighted by molar-refractivity contribution is 0.103. The first-order chi connectivity index (χ1) is 13.7. The molecule has 1 aliphatic heterocycles. The van der Waals surface area contributed by atoms with Crippen molar-refractivity contribution in [3.63, 3.8) is 0 Å². The minimum absolute atomic E-state index is 0.156. The van der Waals surface area contributed by atoms with E-state index in [9.17, 15) is 4.79 Å². The van der Waals surface area contributed by atoms with Crippen molar-refractivity contribution in [2.24, 2.45) is 7.05 Å². The second-order valence-corrected chi connectivity index (χ2v) is 6.46. The highest BCUT2D eigenvalue weighted by Crippen LogP contribution is 2.35. The van der Waals surface area contributed by atoms with Gasteiger partial charge in [-0.1, -0.05) is 18.2 Å². The molecule has 6 heteroatoms. The zero-order valence-corrected chi connectivity index (χ0v) is 15.1. The van der Waals surface area contributed by atoms with Gasteiger partial charge in [-0.3, -0.25) is 4.79 Å². The molecule has 0 radical (unpaired) electrons. The minimum atomic E-state index is -0.236. The molecule has 0 unspecified atom stereocenters. The fraction of sp³-hybridized carbons (Fsp3) is 0.0909. The number of hydrogen-bond donors (Lipinski definition) is 0. The van der Waals surface area contributed by atoms with E-state index < -0.39 is 0 Å². The highest BCUT2D eigenvalue weighted by atomic mass is 16.7. The van der Waals surface area contributed by atoms with Crippen molar-refractivity contribution in [1.29, 1.82) is 0 Å². The van der Waals surface area contributed by atoms with Gasteiger partial charge in [-0.2, -0.15) is 0 Å². The molecular formula is C22H16N2O4. The third-order valence-corrected chi connectivity index (χ3v) is 4.67. The number of ketones is 1. The van der Waals surface area contributed by atoms with E-state index in [2.05, 4.69) is 4.98 Å². The molecule has 0 N–H and O–H groups in total. The number of oxazole rings is 1. The number of carbonyl (C=O) groups excluding carboxylic acids is 1. The summed E-state index contributed by atoms with van der Waals surface area (Å²) in [4.78, 5) is 17.8. The Morgan fingerprint density at radius 2 is 1.82 bits per heavy atom. The molecule has 0 spiro atoms. The number of fused-ring (bicyclic) bond motifs is 1. The fourth-order valence-electron chi connectivity index (χ4n) is 3.22. The fourth-order valence-corrected chi connectivity index (χ4v) is 3.22. The molecule has 28 heavy (non-hydrogen) atoms. The molecule has 0 aliphatic carbocycles. The summed E-state index contributed by atoms with van der Waals surface area (Å²) in [6.45, 7) is 0.156. The molecule has 4 aromatic rings. The molecule has 1 aliphatic rings. The Morgan fingerprint density at radius 3 is 2.61 bits per heavy atom. The van der Waals surface area contributed by atoms with Crippen LogP contribution in [0.3, 0.4) is 0 Å². The van der Waals surface area contributed by atoms with Gasteiger partial charge in [0.15, 0.2) is 23.0 Å². The number of hydrogen-bond acceptors (Lipinski definition) is 5. The van der Waals surface area contributed by atoms with Crippen LogP contribution in [0.25, 0.3) is 22.9 Å². The first kappa shape index (κ1) is 16.4. The van der Waals surface area contributed by atoms with Crippen LogP contribution < -0.4 is 9.47 Å². The lowest BCUT2D eigenvalue weighted by Gasteiger charge is -2.03. The molecule has 0 fully saturated rings. The van der Waals surface area contributed by atoms with Crippen molar-refractivity contribution in [1.82, 2.24) is 9.55 Å². The van der Waals surface area contributed by atoms with Crippen LogP contribution in [0.15, 0.2) is 71.3 Å². The van der Waals surface area contributed by atoms with Crippen LogP contribution in [0.2, 0.25) is 0 Å². The van der Waals surface area contributed by atoms with E-state index in [4.69, 9.17) is 13.9 Å². The van der Waals surface area contributed by atoms with Crippen LogP contribution in [-0.2, 0) is 7.05 Å². The molecule has 3 heterocycles. The Bertz CT molecular complexity index is 1170. The molecule has 138 valence electrons. The molecule has 0 atom stereocenters. The van der Waals surface area contributed by atoms with Crippen molar-refractivity contribution in [2.75, 3.05) is 6.79 Å². The van der Waals surface area contributed by atoms with E-state index in [0.717, 1.165) is 11.3 Å². The van der Waals surface area contributed by atoms with Gasteiger partial charge in [0.05, 0.1) is 5.69 Å². The normalized spacial score (nSPS) is 12.3. The van der Waals surface area contributed by atoms with Crippen molar-refractivity contribution < 1.29 is 18.7 Å². The van der Waals surface area contributed by atoms with E-state index in [1.165, 1.54) is 0 Å². The largest absolute Gasteiger partial charge is 0.454 e. The lowest BCUT2D eigenvalue weighted by Crippen LogP contribution is -2.04. The van der Waals surface area contributed by atoms with Crippen molar-refractivity contribution in [3.8, 4) is 34.4 Å². The number of aromatic nitrogens is 2. The van der Waals surface area contributed by atoms with Gasteiger partial charge in [0.1, 0.15) is 0 Å². The Morgan fingerprint density at radius 1 is 1.00 bits per heavy atom. The van der Waals surface area contributed by atoms with Gasteiger partial charge in [0.25, 0.3) is 0 Å². The highest BCUT2D eigenvalue weighted by molar-refractivity contribution is 6.11. The van der Waals surface area contributed by atoms with Crippen molar-refractivity contribution >= 4 is 5.78 Å². The predicted octanol–water partition coefficient (Wildman–Crippen LogP) is 4.31. The number of benzene rings is 2. The summed E-state index contributed by atoms with van der Waals surface area (Å²) in [6, 6.07) is 18.4. The summed E-state index contributed by atoms with van der Waals surface area (Å²) < 4.78 is 18.7. The Balaban J connectivity index is 1.64. The smallest absolute Gasteiger partial charge is 0.231 e. The summed E-state index contributed by atoms with van der Waals surface area (Å²) in [7, 11) is 1.90. The maximum atomic E-state index is 13.3. The van der Waals surface area contributed by atoms with E-state index in [1.54, 1.807) is 18.2 Å². The molecule has 6 nitrogen and oxygen atoms in total. The van der Waals surface area contributed by atoms with Crippen LogP contribution in [0.4, 0.5) is 0 Å². The molecule has 2 aromatic carbocycles. The summed E-state index contributed by atoms with van der Waals surface area (Å²) in [5.41, 5.74) is 2.31. The standard InChI is InChI=1S/C22H16N2O4/c1-24-11-5-8-16(24)21-19(23-22(28-21)14-6-3-2-4-7-14)20(25)15-9-10-17-18(12-15)27-13-26-17/h2-12H,13H2,1H3. The monoisotopic (exact) mass is 372 g/mol. The zero-order chi connectivity index (χ0) is 19.1. The van der Waals surface area contributed by atoms with Crippen molar-refractivity contribution in [3.05, 3.63) is 78.1 Å². The van der Waals surface area contributed by atoms with Crippen LogP contribution in [0.5, 0.6) is 11.5 Å². The van der Waals surface area contributed by atoms with Crippen molar-refractivity contribution in [2.45, 2.75) is 0 Å². The van der Waals surface area contributed by atoms with Gasteiger partial charge >= 0.3 is 0 Å². The van der Waals surface area contributed by atoms with Gasteiger partial charge in [-0.05, 0) is 42.5 Å². The first-order valence-corrected chi connectivity index (χ1v) is 8.83. The third-order valence-electron chi connectivity index (χ3n) is 4.67. The average Bonchev–Trinajstić information content (AvgIpc) is 3.46. The van der Waals surface area contributed by atoms with Gasteiger partial charge in [-0.15, -0.1) is 0 Å². The molecule has 2 aromatic heterocycles. The van der Waals surface area contributed by atoms with E-state index >= 15 is 0 Å². The number of rotatable bonds is 4. The molecule has 5 rings (SSSR count). The molecule has 0 saturated heterocycles. The summed E-state index contributed by atoms with van der Waals surface area (Å²) >= 11 is 0. The Kier molecular flexibility index (Phi) is 3.76. The van der Waals surface area contributed by atoms with Crippen LogP contribution in [0.1, 0.15) is 16.1 Å². The van der Waals surface area contributed by atoms with E-state index in [1.807, 2.05) is 60.3 Å². The minimum Gasteiger partial charge on any atom is -0.454 e. The maximum absolute atomic E-state index is 13.3. The second kappa shape index (κ2) is 6.42. The Labute approximate surface area is 161 Å². The van der Waals surface area contributed by atoms with Crippen LogP contribution in [0, 0.1) is 0 Å². The average molecular weight is 372 g/mol. The second-order valence-electron chi connectivity index (χ2n) is 6.46. The van der Waals surface area contributed by atoms with E-state index in [0.29, 0.717) is 28.7 Å². The number of ether oxygens (including phenoxy) is 2. The highest BCUT2D eigenvalue weighted by Gasteiger charge is 2.26. The first-order valence-electron chi connectivity index (χ1n) is 8.83. The van der Waals surface area contributed by atoms with Crippen LogP contribution in [-0.4, -0.2) is 22.1 Å². The number of carbonyl (C=O) groups is 1. The maximum Gasteiger partial charge on any atom is 0.231 e. The predicted molar refractivity (Wildman–Crippen MR) is 102 cm³/mol. The van der Waals surface area contributed by atoms with Gasteiger partial charge in [0, 0.05) is 24.4 Å². The molecule has 0 amide bonds. The topological polar surface area (TPSA) is 66.5 Å². The molecular weight excluding hydrogens is 356 g/mol. The number of aryl methyl sites for hydroxylation is 1. The summed E-state index contributed by atoms with van der Waals surface area (Å²) in [5.74, 6) is 1.79. The molecule has 0 saturated carbocycles. The zero-order valence-electron chi connectivity index (χ0n) is 15.1. The third kappa shape index (κ3) is 2.66. The van der Waals surface area contributed by atoms with Crippen LogP contribution >= 0.6 is 0 Å². The lowest BCUT2D eigenvalue weighted by atomic mass is 10.1. The van der Waals surface area contributed by atoms with E-state index in [-0.39, 0.29) is 18.3 Å². The Hall–Kier alpha value is -3.80. The van der Waals surface area contributed by atoms with Gasteiger partial charge in [-0.25, -0.2) is 4.98 Å².